The zero-order valence-electron chi connectivity index (χ0n) is 30.4. The Labute approximate surface area is 325 Å². The van der Waals surface area contributed by atoms with E-state index in [1.807, 2.05) is 24.3 Å². The van der Waals surface area contributed by atoms with Crippen LogP contribution in [0.25, 0.3) is 32.7 Å². The molecule has 0 aromatic heterocycles. The van der Waals surface area contributed by atoms with Crippen LogP contribution >= 0.6 is 40.2 Å². The first-order chi connectivity index (χ1) is 24.6. The zero-order chi connectivity index (χ0) is 36.8. The van der Waals surface area contributed by atoms with Crippen LogP contribution in [0.1, 0.15) is 78.5 Å². The number of allylic oxidation sites excluding steroid dienone is 4. The molecule has 6 aromatic carbocycles. The van der Waals surface area contributed by atoms with Crippen LogP contribution < -0.4 is 0 Å². The second-order valence-corrected chi connectivity index (χ2v) is 38.2. The van der Waals surface area contributed by atoms with E-state index in [9.17, 15) is 0 Å². The maximum atomic E-state index is 9.01. The topological polar surface area (TPSA) is 0 Å². The molecular formula is C47H42Cl4Zr. The Balaban J connectivity index is 1.63. The molecule has 0 atom stereocenters. The molecule has 52 heavy (non-hydrogen) atoms. The van der Waals surface area contributed by atoms with Gasteiger partial charge in [0.2, 0.25) is 0 Å². The molecule has 0 fully saturated rings. The van der Waals surface area contributed by atoms with E-state index in [-0.39, 0.29) is 18.1 Å². The van der Waals surface area contributed by atoms with Gasteiger partial charge in [0.1, 0.15) is 0 Å². The van der Waals surface area contributed by atoms with E-state index in [0.717, 1.165) is 35.9 Å². The average Bonchev–Trinajstić information content (AvgIpc) is 3.76. The molecule has 0 bridgehead atoms. The Morgan fingerprint density at radius 1 is 0.519 bits per heavy atom. The molecule has 2 aliphatic carbocycles. The van der Waals surface area contributed by atoms with Crippen LogP contribution in [0.4, 0.5) is 0 Å². The van der Waals surface area contributed by atoms with Crippen LogP contribution in [0.2, 0.25) is 13.7 Å². The van der Waals surface area contributed by atoms with Gasteiger partial charge in [-0.2, -0.15) is 0 Å². The summed E-state index contributed by atoms with van der Waals surface area (Å²) < 4.78 is 0.571. The van der Waals surface area contributed by atoms with Crippen molar-refractivity contribution in [3.63, 3.8) is 0 Å². The predicted octanol–water partition coefficient (Wildman–Crippen LogP) is 15.1. The summed E-state index contributed by atoms with van der Waals surface area (Å²) in [7, 11) is 18.0. The molecule has 0 radical (unpaired) electrons. The monoisotopic (exact) mass is 836 g/mol. The quantitative estimate of drug-likeness (QED) is 0.166. The van der Waals surface area contributed by atoms with E-state index >= 15 is 0 Å². The molecular weight excluding hydrogens is 798 g/mol. The molecule has 262 valence electrons. The number of rotatable bonds is 4. The first-order valence-corrected chi connectivity index (χ1v) is 29.2. The summed E-state index contributed by atoms with van der Waals surface area (Å²) in [5.74, 6) is 0. The summed E-state index contributed by atoms with van der Waals surface area (Å²) in [6.45, 7) is 13.7. The SMILES string of the molecule is CC(C)(C)c1ccc2c(c1)-c1cc(C(C)(C)C)ccc1[CH]2[Zr]([Cl])([Cl])(=[C](c1cccc2c(Cl)cccc12)c1cccc2c(Cl)cccc12)[CH]1C=CC=C1. The van der Waals surface area contributed by atoms with E-state index in [2.05, 4.69) is 151 Å². The van der Waals surface area contributed by atoms with Crippen molar-refractivity contribution in [3.8, 4) is 11.1 Å². The van der Waals surface area contributed by atoms with E-state index in [1.165, 1.54) is 33.4 Å². The molecule has 0 nitrogen and oxygen atoms in total. The standard InChI is InChI=1S/C21H12Cl2.C21H25.C5H5.2ClH.Zr/c22-20-11-3-7-16-14(5-1-9-18(16)20)13-15-6-2-10-19-17(15)8-4-12-21(19)23;1-20(2,3)16-9-7-14-11-15-8-10-17(21(4,5)6)13-19(15)18(14)12-16;1-2-4-5-3-1;;;/h1-12H;7-13H,1-6H3;1-5H;2*1H;/q;;;;;+2/p-2. The second-order valence-electron chi connectivity index (χ2n) is 16.6. The molecule has 0 spiro atoms. The van der Waals surface area contributed by atoms with Crippen LogP contribution in [0.15, 0.2) is 133 Å². The Bertz CT molecular complexity index is 2420. The third-order valence-electron chi connectivity index (χ3n) is 11.4. The Kier molecular flexibility index (Phi) is 8.81. The van der Waals surface area contributed by atoms with Gasteiger partial charge in [-0.05, 0) is 0 Å². The summed E-state index contributed by atoms with van der Waals surface area (Å²) in [6, 6.07) is 39.0. The van der Waals surface area contributed by atoms with Crippen molar-refractivity contribution in [1.82, 2.24) is 0 Å². The van der Waals surface area contributed by atoms with Crippen molar-refractivity contribution in [2.24, 2.45) is 0 Å². The molecule has 0 N–H and O–H groups in total. The van der Waals surface area contributed by atoms with Gasteiger partial charge in [-0.15, -0.1) is 0 Å². The van der Waals surface area contributed by atoms with Crippen LogP contribution in [-0.2, 0) is 26.7 Å². The molecule has 0 amide bonds. The predicted molar refractivity (Wildman–Crippen MR) is 226 cm³/mol. The Hall–Kier alpha value is -2.77. The summed E-state index contributed by atoms with van der Waals surface area (Å²) in [5.41, 5.74) is 9.40. The molecule has 2 aliphatic rings. The molecule has 0 saturated heterocycles. The van der Waals surface area contributed by atoms with Crippen LogP contribution in [0.5, 0.6) is 0 Å². The van der Waals surface area contributed by atoms with Gasteiger partial charge in [-0.1, -0.05) is 0 Å². The Morgan fingerprint density at radius 2 is 0.923 bits per heavy atom. The van der Waals surface area contributed by atoms with Crippen molar-refractivity contribution in [1.29, 1.82) is 0 Å². The number of hydrogen-bond acceptors (Lipinski definition) is 0. The average molecular weight is 840 g/mol. The number of fused-ring (bicyclic) bond motifs is 5. The van der Waals surface area contributed by atoms with Gasteiger partial charge in [0.05, 0.1) is 0 Å². The summed E-state index contributed by atoms with van der Waals surface area (Å²) in [4.78, 5) is 0. The fourth-order valence-corrected chi connectivity index (χ4v) is 28.5. The number of hydrogen-bond donors (Lipinski definition) is 0. The van der Waals surface area contributed by atoms with Crippen LogP contribution in [0, 0.1) is 0 Å². The molecule has 0 unspecified atom stereocenters. The Morgan fingerprint density at radius 3 is 1.35 bits per heavy atom. The van der Waals surface area contributed by atoms with Gasteiger partial charge in [0.25, 0.3) is 0 Å². The molecule has 8 rings (SSSR count). The fourth-order valence-electron chi connectivity index (χ4n) is 8.68. The molecule has 0 saturated carbocycles. The van der Waals surface area contributed by atoms with Gasteiger partial charge < -0.3 is 0 Å². The van der Waals surface area contributed by atoms with E-state index in [4.69, 9.17) is 40.2 Å². The van der Waals surface area contributed by atoms with Gasteiger partial charge >= 0.3 is 329 Å². The third kappa shape index (κ3) is 5.60. The normalized spacial score (nSPS) is 15.1. The van der Waals surface area contributed by atoms with Crippen molar-refractivity contribution in [2.75, 3.05) is 0 Å². The molecule has 6 aromatic rings. The van der Waals surface area contributed by atoms with Crippen molar-refractivity contribution < 1.29 is 15.9 Å². The fraction of sp³-hybridized carbons (Fsp3) is 0.213. The van der Waals surface area contributed by atoms with Gasteiger partial charge in [-0.3, -0.25) is 0 Å². The summed E-state index contributed by atoms with van der Waals surface area (Å²) in [5, 5.41) is 5.39. The van der Waals surface area contributed by atoms with E-state index in [0.29, 0.717) is 10.0 Å². The van der Waals surface area contributed by atoms with E-state index in [1.54, 1.807) is 0 Å². The first-order valence-electron chi connectivity index (χ1n) is 18.0. The maximum absolute atomic E-state index is 9.01. The summed E-state index contributed by atoms with van der Waals surface area (Å²) >= 11 is 8.15. The van der Waals surface area contributed by atoms with Gasteiger partial charge in [0.15, 0.2) is 0 Å². The molecule has 0 heterocycles. The third-order valence-corrected chi connectivity index (χ3v) is 31.6. The minimum absolute atomic E-state index is 0.0342. The molecule has 5 heteroatoms. The van der Waals surface area contributed by atoms with Crippen molar-refractivity contribution in [3.05, 3.63) is 177 Å². The van der Waals surface area contributed by atoms with Crippen molar-refractivity contribution >= 4 is 65.0 Å². The molecule has 0 aliphatic heterocycles. The summed E-state index contributed by atoms with van der Waals surface area (Å²) in [6.07, 6.45) is 8.71. The minimum atomic E-state index is -5.72. The zero-order valence-corrected chi connectivity index (χ0v) is 35.9. The van der Waals surface area contributed by atoms with E-state index < -0.39 is 15.9 Å². The van der Waals surface area contributed by atoms with Crippen LogP contribution in [-0.4, -0.2) is 3.21 Å². The second kappa shape index (κ2) is 12.6. The van der Waals surface area contributed by atoms with Crippen molar-refractivity contribution in [2.45, 2.75) is 59.6 Å². The number of halogens is 4. The van der Waals surface area contributed by atoms with Gasteiger partial charge in [-0.25, -0.2) is 0 Å². The van der Waals surface area contributed by atoms with Gasteiger partial charge in [0, 0.05) is 0 Å². The first kappa shape index (κ1) is 36.2. The van der Waals surface area contributed by atoms with Crippen LogP contribution in [0.3, 0.4) is 0 Å². The number of benzene rings is 6.